The Hall–Kier alpha value is -1.49. The maximum Gasteiger partial charge on any atom is 0.130 e. The Balaban J connectivity index is 2.39. The first-order chi connectivity index (χ1) is 9.15. The van der Waals surface area contributed by atoms with Crippen LogP contribution in [0.5, 0.6) is 0 Å². The van der Waals surface area contributed by atoms with E-state index < -0.39 is 17.8 Å². The second-order valence-corrected chi connectivity index (χ2v) is 4.58. The monoisotopic (exact) mass is 280 g/mol. The van der Waals surface area contributed by atoms with E-state index in [1.54, 1.807) is 24.4 Å². The van der Waals surface area contributed by atoms with Crippen molar-refractivity contribution in [3.05, 3.63) is 64.7 Å². The van der Waals surface area contributed by atoms with E-state index in [4.69, 9.17) is 17.3 Å². The van der Waals surface area contributed by atoms with E-state index >= 15 is 0 Å². The van der Waals surface area contributed by atoms with E-state index in [2.05, 4.69) is 4.98 Å². The number of halogens is 2. The Kier molecular flexibility index (Phi) is 4.47. The van der Waals surface area contributed by atoms with Crippen molar-refractivity contribution in [2.75, 3.05) is 6.54 Å². The summed E-state index contributed by atoms with van der Waals surface area (Å²) in [6, 6.07) is 9.59. The fourth-order valence-electron chi connectivity index (χ4n) is 2.00. The number of rotatable bonds is 4. The zero-order valence-electron chi connectivity index (χ0n) is 10.1. The first-order valence-electron chi connectivity index (χ1n) is 5.88. The van der Waals surface area contributed by atoms with Crippen LogP contribution in [0.4, 0.5) is 4.39 Å². The predicted octanol–water partition coefficient (Wildman–Crippen LogP) is 2.65. The molecule has 19 heavy (non-hydrogen) atoms. The summed E-state index contributed by atoms with van der Waals surface area (Å²) in [5, 5.41) is 10.5. The van der Waals surface area contributed by atoms with Gasteiger partial charge in [0.1, 0.15) is 5.82 Å². The lowest BCUT2D eigenvalue weighted by atomic mass is 9.92. The van der Waals surface area contributed by atoms with Crippen molar-refractivity contribution in [1.82, 2.24) is 4.98 Å². The van der Waals surface area contributed by atoms with Gasteiger partial charge in [-0.25, -0.2) is 4.39 Å². The topological polar surface area (TPSA) is 59.1 Å². The molecule has 1 aromatic carbocycles. The van der Waals surface area contributed by atoms with Gasteiger partial charge in [0.25, 0.3) is 0 Å². The van der Waals surface area contributed by atoms with Gasteiger partial charge in [0, 0.05) is 34.9 Å². The van der Waals surface area contributed by atoms with Crippen LogP contribution in [-0.2, 0) is 0 Å². The third kappa shape index (κ3) is 2.92. The van der Waals surface area contributed by atoms with Gasteiger partial charge < -0.3 is 10.8 Å². The summed E-state index contributed by atoms with van der Waals surface area (Å²) in [7, 11) is 0. The molecule has 0 saturated heterocycles. The third-order valence-electron chi connectivity index (χ3n) is 3.00. The van der Waals surface area contributed by atoms with Gasteiger partial charge in [-0.15, -0.1) is 0 Å². The van der Waals surface area contributed by atoms with E-state index in [-0.39, 0.29) is 17.1 Å². The number of nitrogens with two attached hydrogens (primary N) is 1. The van der Waals surface area contributed by atoms with Gasteiger partial charge >= 0.3 is 0 Å². The second-order valence-electron chi connectivity index (χ2n) is 4.18. The van der Waals surface area contributed by atoms with Crippen molar-refractivity contribution in [2.45, 2.75) is 12.0 Å². The SMILES string of the molecule is NCC(c1ccccn1)C(O)c1c(F)cccc1Cl. The highest BCUT2D eigenvalue weighted by Gasteiger charge is 2.26. The normalized spacial score (nSPS) is 14.1. The van der Waals surface area contributed by atoms with E-state index in [9.17, 15) is 9.50 Å². The maximum atomic E-state index is 13.8. The molecule has 0 bridgehead atoms. The molecule has 1 heterocycles. The first-order valence-corrected chi connectivity index (χ1v) is 6.26. The molecular weight excluding hydrogens is 267 g/mol. The average Bonchev–Trinajstić information content (AvgIpc) is 2.40. The highest BCUT2D eigenvalue weighted by atomic mass is 35.5. The van der Waals surface area contributed by atoms with Gasteiger partial charge in [-0.3, -0.25) is 4.98 Å². The molecule has 2 atom stereocenters. The van der Waals surface area contributed by atoms with Crippen LogP contribution in [0.25, 0.3) is 0 Å². The zero-order chi connectivity index (χ0) is 13.8. The summed E-state index contributed by atoms with van der Waals surface area (Å²) in [5.74, 6) is -1.05. The molecule has 100 valence electrons. The summed E-state index contributed by atoms with van der Waals surface area (Å²) in [4.78, 5) is 4.15. The number of aliphatic hydroxyl groups excluding tert-OH is 1. The summed E-state index contributed by atoms with van der Waals surface area (Å²) in [5.41, 5.74) is 6.35. The van der Waals surface area contributed by atoms with Crippen molar-refractivity contribution in [1.29, 1.82) is 0 Å². The molecular formula is C14H14ClFN2O. The standard InChI is InChI=1S/C14H14ClFN2O/c15-10-4-3-5-11(16)13(10)14(19)9(8-17)12-6-1-2-7-18-12/h1-7,9,14,19H,8,17H2. The fraction of sp³-hybridized carbons (Fsp3) is 0.214. The fourth-order valence-corrected chi connectivity index (χ4v) is 2.28. The Labute approximate surface area is 115 Å². The number of pyridine rings is 1. The van der Waals surface area contributed by atoms with Crippen molar-refractivity contribution in [3.8, 4) is 0 Å². The van der Waals surface area contributed by atoms with E-state index in [1.807, 2.05) is 0 Å². The van der Waals surface area contributed by atoms with Crippen LogP contribution in [0, 0.1) is 5.82 Å². The average molecular weight is 281 g/mol. The molecule has 0 aliphatic heterocycles. The van der Waals surface area contributed by atoms with Crippen LogP contribution in [-0.4, -0.2) is 16.6 Å². The first kappa shape index (κ1) is 13.9. The Bertz CT molecular complexity index is 530. The lowest BCUT2D eigenvalue weighted by Crippen LogP contribution is -2.22. The molecule has 0 aliphatic rings. The van der Waals surface area contributed by atoms with Crippen molar-refractivity contribution in [2.24, 2.45) is 5.73 Å². The molecule has 0 saturated carbocycles. The van der Waals surface area contributed by atoms with Gasteiger partial charge in [-0.05, 0) is 24.3 Å². The number of benzene rings is 1. The highest BCUT2D eigenvalue weighted by molar-refractivity contribution is 6.31. The number of hydrogen-bond donors (Lipinski definition) is 2. The van der Waals surface area contributed by atoms with Gasteiger partial charge in [0.15, 0.2) is 0 Å². The van der Waals surface area contributed by atoms with Crippen molar-refractivity contribution < 1.29 is 9.50 Å². The number of hydrogen-bond acceptors (Lipinski definition) is 3. The lowest BCUT2D eigenvalue weighted by Gasteiger charge is -2.22. The van der Waals surface area contributed by atoms with Crippen LogP contribution >= 0.6 is 11.6 Å². The van der Waals surface area contributed by atoms with Crippen molar-refractivity contribution in [3.63, 3.8) is 0 Å². The lowest BCUT2D eigenvalue weighted by molar-refractivity contribution is 0.141. The molecule has 0 radical (unpaired) electrons. The Morgan fingerprint density at radius 3 is 2.63 bits per heavy atom. The van der Waals surface area contributed by atoms with Gasteiger partial charge in [-0.1, -0.05) is 23.7 Å². The van der Waals surface area contributed by atoms with E-state index in [0.717, 1.165) is 0 Å². The summed E-state index contributed by atoms with van der Waals surface area (Å²) < 4.78 is 13.8. The number of nitrogens with zero attached hydrogens (tertiary/aromatic N) is 1. The van der Waals surface area contributed by atoms with Crippen LogP contribution < -0.4 is 5.73 Å². The van der Waals surface area contributed by atoms with Gasteiger partial charge in [0.05, 0.1) is 6.10 Å². The smallest absolute Gasteiger partial charge is 0.130 e. The summed E-state index contributed by atoms with van der Waals surface area (Å²) in [6.07, 6.45) is 0.474. The van der Waals surface area contributed by atoms with Crippen LogP contribution in [0.3, 0.4) is 0 Å². The molecule has 3 N–H and O–H groups in total. The van der Waals surface area contributed by atoms with E-state index in [0.29, 0.717) is 5.69 Å². The van der Waals surface area contributed by atoms with E-state index in [1.165, 1.54) is 18.2 Å². The molecule has 0 fully saturated rings. The molecule has 2 aromatic rings. The third-order valence-corrected chi connectivity index (χ3v) is 3.33. The van der Waals surface area contributed by atoms with Crippen LogP contribution in [0.2, 0.25) is 5.02 Å². The number of aromatic nitrogens is 1. The minimum absolute atomic E-state index is 0.0604. The molecule has 2 unspecified atom stereocenters. The quantitative estimate of drug-likeness (QED) is 0.905. The molecule has 5 heteroatoms. The minimum atomic E-state index is -1.13. The zero-order valence-corrected chi connectivity index (χ0v) is 10.9. The predicted molar refractivity (Wildman–Crippen MR) is 72.4 cm³/mol. The minimum Gasteiger partial charge on any atom is -0.387 e. The summed E-state index contributed by atoms with van der Waals surface area (Å²) >= 11 is 5.95. The van der Waals surface area contributed by atoms with Crippen LogP contribution in [0.15, 0.2) is 42.6 Å². The van der Waals surface area contributed by atoms with Crippen molar-refractivity contribution >= 4 is 11.6 Å². The largest absolute Gasteiger partial charge is 0.387 e. The molecule has 0 spiro atoms. The molecule has 0 amide bonds. The highest BCUT2D eigenvalue weighted by Crippen LogP contribution is 2.34. The van der Waals surface area contributed by atoms with Gasteiger partial charge in [0.2, 0.25) is 0 Å². The second kappa shape index (κ2) is 6.10. The molecule has 2 rings (SSSR count). The Morgan fingerprint density at radius 2 is 2.05 bits per heavy atom. The van der Waals surface area contributed by atoms with Gasteiger partial charge in [-0.2, -0.15) is 0 Å². The number of aliphatic hydroxyl groups is 1. The molecule has 1 aromatic heterocycles. The molecule has 0 aliphatic carbocycles. The van der Waals surface area contributed by atoms with Crippen LogP contribution in [0.1, 0.15) is 23.3 Å². The summed E-state index contributed by atoms with van der Waals surface area (Å²) in [6.45, 7) is 0.142. The Morgan fingerprint density at radius 1 is 1.26 bits per heavy atom. The molecule has 3 nitrogen and oxygen atoms in total. The maximum absolute atomic E-state index is 13.8.